The van der Waals surface area contributed by atoms with Gasteiger partial charge in [0.05, 0.1) is 12.3 Å². The molecule has 0 aliphatic heterocycles. The topological polar surface area (TPSA) is 93.5 Å². The van der Waals surface area contributed by atoms with E-state index in [0.29, 0.717) is 31.3 Å². The number of carbonyl (C=O) groups excluding carboxylic acids is 1. The summed E-state index contributed by atoms with van der Waals surface area (Å²) >= 11 is 10.2. The van der Waals surface area contributed by atoms with Gasteiger partial charge in [-0.05, 0) is 53.8 Å². The monoisotopic (exact) mass is 623 g/mol. The van der Waals surface area contributed by atoms with Gasteiger partial charge in [0, 0.05) is 30.6 Å². The molecule has 0 aliphatic rings. The number of allylic oxidation sites excluding steroid dienone is 3. The van der Waals surface area contributed by atoms with E-state index in [9.17, 15) is 9.59 Å². The van der Waals surface area contributed by atoms with E-state index in [0.717, 1.165) is 41.0 Å². The molecule has 1 heterocycles. The summed E-state index contributed by atoms with van der Waals surface area (Å²) in [4.78, 5) is 27.6. The SMILES string of the molecule is C=C/C=C/c1cn(CC(=O)NCCCC)c(/C=C/c2ccc(-c3ccc(OCCCC(=O)O)cc3)cc2)n1.Cl/C=C/CCl. The van der Waals surface area contributed by atoms with Crippen LogP contribution < -0.4 is 10.1 Å². The van der Waals surface area contributed by atoms with Crippen molar-refractivity contribution in [3.63, 3.8) is 0 Å². The lowest BCUT2D eigenvalue weighted by Crippen LogP contribution is -2.28. The maximum atomic E-state index is 12.4. The molecule has 0 unspecified atom stereocenters. The van der Waals surface area contributed by atoms with Crippen LogP contribution in [0.5, 0.6) is 5.75 Å². The van der Waals surface area contributed by atoms with Gasteiger partial charge in [-0.3, -0.25) is 9.59 Å². The number of carboxylic acid groups (broad SMARTS) is 1. The number of rotatable bonds is 16. The molecule has 3 rings (SSSR count). The number of hydrogen-bond acceptors (Lipinski definition) is 4. The highest BCUT2D eigenvalue weighted by atomic mass is 35.5. The Morgan fingerprint density at radius 3 is 2.33 bits per heavy atom. The van der Waals surface area contributed by atoms with E-state index in [1.165, 1.54) is 5.54 Å². The highest BCUT2D eigenvalue weighted by molar-refractivity contribution is 6.26. The van der Waals surface area contributed by atoms with Gasteiger partial charge < -0.3 is 19.7 Å². The Morgan fingerprint density at radius 1 is 1.05 bits per heavy atom. The van der Waals surface area contributed by atoms with Crippen molar-refractivity contribution in [1.29, 1.82) is 0 Å². The molecule has 43 heavy (non-hydrogen) atoms. The minimum Gasteiger partial charge on any atom is -0.494 e. The minimum atomic E-state index is -0.817. The second kappa shape index (κ2) is 20.8. The number of benzene rings is 2. The minimum absolute atomic E-state index is 0.0363. The van der Waals surface area contributed by atoms with E-state index >= 15 is 0 Å². The van der Waals surface area contributed by atoms with Crippen molar-refractivity contribution in [3.8, 4) is 16.9 Å². The Labute approximate surface area is 264 Å². The maximum Gasteiger partial charge on any atom is 0.303 e. The standard InChI is InChI=1S/C31H35N3O4.C3H4Cl2/c1-3-5-8-27-22-34(23-30(35)32-20-6-4-2)29(33-27)19-12-24-10-13-25(14-11-24)26-15-17-28(18-16-26)38-21-7-9-31(36)37;4-2-1-3-5/h3,5,8,10-19,22H,1,4,6-7,9,20-21,23H2,2H3,(H,32,35)(H,36,37);1-2H,3H2/b8-5+,19-12+;2-1+. The lowest BCUT2D eigenvalue weighted by atomic mass is 10.0. The Bertz CT molecular complexity index is 1360. The number of amides is 1. The van der Waals surface area contributed by atoms with Crippen LogP contribution in [0.2, 0.25) is 0 Å². The van der Waals surface area contributed by atoms with Crippen molar-refractivity contribution in [2.24, 2.45) is 0 Å². The quantitative estimate of drug-likeness (QED) is 0.0956. The number of imidazole rings is 1. The van der Waals surface area contributed by atoms with Crippen molar-refractivity contribution < 1.29 is 19.4 Å². The van der Waals surface area contributed by atoms with Gasteiger partial charge in [0.15, 0.2) is 0 Å². The van der Waals surface area contributed by atoms with Gasteiger partial charge in [-0.1, -0.05) is 92.2 Å². The van der Waals surface area contributed by atoms with Crippen LogP contribution in [0.4, 0.5) is 0 Å². The van der Waals surface area contributed by atoms with Gasteiger partial charge in [0.25, 0.3) is 0 Å². The molecule has 9 heteroatoms. The van der Waals surface area contributed by atoms with Crippen molar-refractivity contribution in [2.45, 2.75) is 39.2 Å². The first-order chi connectivity index (χ1) is 20.9. The van der Waals surface area contributed by atoms with Crippen LogP contribution >= 0.6 is 23.2 Å². The molecule has 0 saturated heterocycles. The normalized spacial score (nSPS) is 11.0. The van der Waals surface area contributed by atoms with E-state index in [2.05, 4.69) is 23.8 Å². The fourth-order valence-electron chi connectivity index (χ4n) is 3.72. The number of carboxylic acids is 1. The van der Waals surface area contributed by atoms with E-state index in [4.69, 9.17) is 33.0 Å². The molecule has 1 aromatic heterocycles. The largest absolute Gasteiger partial charge is 0.494 e. The van der Waals surface area contributed by atoms with Crippen molar-refractivity contribution in [3.05, 3.63) is 102 Å². The Kier molecular flexibility index (Phi) is 17.0. The third-order valence-corrected chi connectivity index (χ3v) is 6.26. The van der Waals surface area contributed by atoms with Gasteiger partial charge in [0.1, 0.15) is 18.1 Å². The first-order valence-electron chi connectivity index (χ1n) is 14.1. The first kappa shape index (κ1) is 35.1. The number of nitrogens with zero attached hydrogens (tertiary/aromatic N) is 2. The summed E-state index contributed by atoms with van der Waals surface area (Å²) in [5.74, 6) is 1.07. The zero-order valence-electron chi connectivity index (χ0n) is 24.4. The lowest BCUT2D eigenvalue weighted by Gasteiger charge is -2.07. The van der Waals surface area contributed by atoms with Crippen molar-refractivity contribution in [2.75, 3.05) is 19.0 Å². The van der Waals surface area contributed by atoms with Gasteiger partial charge in [-0.15, -0.1) is 11.6 Å². The predicted molar refractivity (Wildman–Crippen MR) is 178 cm³/mol. The number of hydrogen-bond donors (Lipinski definition) is 2. The summed E-state index contributed by atoms with van der Waals surface area (Å²) in [6, 6.07) is 15.9. The summed E-state index contributed by atoms with van der Waals surface area (Å²) in [5.41, 5.74) is 5.30. The molecule has 0 bridgehead atoms. The summed E-state index contributed by atoms with van der Waals surface area (Å²) in [6.45, 7) is 7.05. The van der Waals surface area contributed by atoms with E-state index in [1.807, 2.05) is 83.6 Å². The fraction of sp³-hybridized carbons (Fsp3) is 0.265. The predicted octanol–water partition coefficient (Wildman–Crippen LogP) is 8.06. The van der Waals surface area contributed by atoms with E-state index in [1.54, 1.807) is 12.2 Å². The number of aliphatic carboxylic acids is 1. The highest BCUT2D eigenvalue weighted by Gasteiger charge is 2.08. The number of unbranched alkanes of at least 4 members (excludes halogenated alkanes) is 1. The fourth-order valence-corrected chi connectivity index (χ4v) is 3.99. The van der Waals surface area contributed by atoms with Gasteiger partial charge in [-0.25, -0.2) is 4.98 Å². The third-order valence-electron chi connectivity index (χ3n) is 5.90. The number of alkyl halides is 1. The van der Waals surface area contributed by atoms with Gasteiger partial charge in [-0.2, -0.15) is 0 Å². The molecule has 0 saturated carbocycles. The van der Waals surface area contributed by atoms with Crippen LogP contribution in [0.3, 0.4) is 0 Å². The van der Waals surface area contributed by atoms with E-state index < -0.39 is 5.97 Å². The van der Waals surface area contributed by atoms with Crippen LogP contribution in [-0.2, 0) is 16.1 Å². The van der Waals surface area contributed by atoms with Crippen LogP contribution in [0, 0.1) is 0 Å². The molecule has 0 radical (unpaired) electrons. The molecule has 0 fully saturated rings. The molecule has 1 amide bonds. The number of carbonyl (C=O) groups is 2. The van der Waals surface area contributed by atoms with Crippen LogP contribution in [0.1, 0.15) is 49.7 Å². The lowest BCUT2D eigenvalue weighted by molar-refractivity contribution is -0.137. The zero-order valence-corrected chi connectivity index (χ0v) is 25.9. The molecular formula is C34H39Cl2N3O4. The van der Waals surface area contributed by atoms with Crippen LogP contribution in [-0.4, -0.2) is 45.6 Å². The number of halogens is 2. The van der Waals surface area contributed by atoms with Crippen LogP contribution in [0.25, 0.3) is 29.4 Å². The molecule has 2 aromatic carbocycles. The molecule has 0 aliphatic carbocycles. The Morgan fingerprint density at radius 2 is 1.74 bits per heavy atom. The molecule has 3 aromatic rings. The molecule has 0 spiro atoms. The molecular weight excluding hydrogens is 585 g/mol. The summed E-state index contributed by atoms with van der Waals surface area (Å²) in [6.07, 6.45) is 15.3. The van der Waals surface area contributed by atoms with Crippen molar-refractivity contribution in [1.82, 2.24) is 14.9 Å². The van der Waals surface area contributed by atoms with Gasteiger partial charge >= 0.3 is 5.97 Å². The van der Waals surface area contributed by atoms with Crippen LogP contribution in [0.15, 0.2) is 85.1 Å². The second-order valence-corrected chi connectivity index (χ2v) is 9.85. The first-order valence-corrected chi connectivity index (χ1v) is 15.0. The molecule has 2 N–H and O–H groups in total. The maximum absolute atomic E-state index is 12.4. The summed E-state index contributed by atoms with van der Waals surface area (Å²) in [7, 11) is 0. The summed E-state index contributed by atoms with van der Waals surface area (Å²) < 4.78 is 7.45. The summed E-state index contributed by atoms with van der Waals surface area (Å²) in [5, 5.41) is 11.7. The zero-order chi connectivity index (χ0) is 31.3. The average Bonchev–Trinajstić information content (AvgIpc) is 3.39. The van der Waals surface area contributed by atoms with E-state index in [-0.39, 0.29) is 18.9 Å². The smallest absolute Gasteiger partial charge is 0.303 e. The van der Waals surface area contributed by atoms with Crippen molar-refractivity contribution >= 4 is 53.3 Å². The Hall–Kier alpha value is -4.07. The number of aromatic nitrogens is 2. The molecule has 228 valence electrons. The number of ether oxygens (including phenoxy) is 1. The highest BCUT2D eigenvalue weighted by Crippen LogP contribution is 2.23. The average molecular weight is 625 g/mol. The van der Waals surface area contributed by atoms with Gasteiger partial charge in [0.2, 0.25) is 5.91 Å². The third kappa shape index (κ3) is 14.1. The Balaban J connectivity index is 0.00000119. The second-order valence-electron chi connectivity index (χ2n) is 9.29. The molecule has 0 atom stereocenters. The number of nitrogens with one attached hydrogen (secondary N) is 1. The molecule has 7 nitrogen and oxygen atoms in total.